The molecule has 2 unspecified atom stereocenters. The first kappa shape index (κ1) is 14.7. The summed E-state index contributed by atoms with van der Waals surface area (Å²) in [7, 11) is 0. The van der Waals surface area contributed by atoms with Crippen molar-refractivity contribution in [1.29, 1.82) is 0 Å². The van der Waals surface area contributed by atoms with E-state index in [-0.39, 0.29) is 34.5 Å². The van der Waals surface area contributed by atoms with Gasteiger partial charge >= 0.3 is 0 Å². The average Bonchev–Trinajstić information content (AvgIpc) is 2.58. The molecule has 2 atom stereocenters. The largest absolute Gasteiger partial charge is 0.507 e. The van der Waals surface area contributed by atoms with E-state index < -0.39 is 5.79 Å². The van der Waals surface area contributed by atoms with Gasteiger partial charge in [0, 0.05) is 30.0 Å². The fraction of sp³-hybridized carbons (Fsp3) is 0.300. The summed E-state index contributed by atoms with van der Waals surface area (Å²) in [6.07, 6.45) is 2.08. The Morgan fingerprint density at radius 1 is 1.12 bits per heavy atom. The number of hydrogen-bond donors (Lipinski definition) is 1. The number of ether oxygens (including phenoxy) is 2. The van der Waals surface area contributed by atoms with Gasteiger partial charge in [-0.1, -0.05) is 24.3 Å². The molecule has 2 aromatic carbocycles. The predicted molar refractivity (Wildman–Crippen MR) is 88.1 cm³/mol. The third-order valence-electron chi connectivity index (χ3n) is 5.33. The van der Waals surface area contributed by atoms with Crippen molar-refractivity contribution in [2.75, 3.05) is 0 Å². The lowest BCUT2D eigenvalue weighted by Gasteiger charge is -2.44. The Kier molecular flexibility index (Phi) is 2.76. The van der Waals surface area contributed by atoms with Gasteiger partial charge in [-0.2, -0.15) is 0 Å². The number of carbonyl (C=O) groups excluding carboxylic acids is 2. The minimum atomic E-state index is -0.754. The monoisotopic (exact) mass is 336 g/mol. The van der Waals surface area contributed by atoms with Crippen molar-refractivity contribution in [2.45, 2.75) is 38.1 Å². The van der Waals surface area contributed by atoms with Crippen LogP contribution in [-0.2, 0) is 4.74 Å². The van der Waals surface area contributed by atoms with E-state index in [1.54, 1.807) is 30.3 Å². The van der Waals surface area contributed by atoms with Crippen molar-refractivity contribution in [2.24, 2.45) is 0 Å². The molecule has 2 aromatic rings. The van der Waals surface area contributed by atoms with Crippen molar-refractivity contribution in [3.63, 3.8) is 0 Å². The molecule has 25 heavy (non-hydrogen) atoms. The number of fused-ring (bicyclic) bond motifs is 6. The summed E-state index contributed by atoms with van der Waals surface area (Å²) in [5.41, 5.74) is 1.42. The van der Waals surface area contributed by atoms with Gasteiger partial charge in [0.15, 0.2) is 11.6 Å². The van der Waals surface area contributed by atoms with Gasteiger partial charge in [0.05, 0.1) is 17.2 Å². The lowest BCUT2D eigenvalue weighted by Crippen LogP contribution is -2.44. The Bertz CT molecular complexity index is 961. The van der Waals surface area contributed by atoms with Gasteiger partial charge in [0.2, 0.25) is 5.79 Å². The fourth-order valence-corrected chi connectivity index (χ4v) is 4.16. The summed E-state index contributed by atoms with van der Waals surface area (Å²) in [6, 6.07) is 8.28. The molecule has 5 rings (SSSR count). The lowest BCUT2D eigenvalue weighted by molar-refractivity contribution is -0.243. The van der Waals surface area contributed by atoms with E-state index in [0.29, 0.717) is 22.4 Å². The number of phenols is 1. The molecular weight excluding hydrogens is 320 g/mol. The summed E-state index contributed by atoms with van der Waals surface area (Å²) in [5, 5.41) is 10.9. The summed E-state index contributed by atoms with van der Waals surface area (Å²) >= 11 is 0. The van der Waals surface area contributed by atoms with E-state index in [1.807, 2.05) is 6.92 Å². The second-order valence-corrected chi connectivity index (χ2v) is 7.00. The Balaban J connectivity index is 1.77. The Labute approximate surface area is 144 Å². The molecule has 5 nitrogen and oxygen atoms in total. The molecule has 1 N–H and O–H groups in total. The molecule has 0 saturated carbocycles. The molecule has 0 amide bonds. The maximum absolute atomic E-state index is 12.9. The van der Waals surface area contributed by atoms with Crippen molar-refractivity contribution in [3.05, 3.63) is 58.1 Å². The van der Waals surface area contributed by atoms with Crippen LogP contribution in [0.5, 0.6) is 11.5 Å². The molecular formula is C20H16O5. The standard InChI is InChI=1S/C20H16O5/c1-20-8-4-7-13(24-20)16-14(25-20)9-12-15(19(16)23)18(22)11-6-3-2-5-10(11)17(12)21/h2-3,5-6,9,13,23H,4,7-8H2,1H3. The highest BCUT2D eigenvalue weighted by Crippen LogP contribution is 2.52. The molecule has 126 valence electrons. The van der Waals surface area contributed by atoms with Gasteiger partial charge in [-0.05, 0) is 18.9 Å². The SMILES string of the molecule is CC12CCCC(O1)c1c(cc3c(c1O)C(=O)c1ccccc1C3=O)O2. The smallest absolute Gasteiger partial charge is 0.208 e. The van der Waals surface area contributed by atoms with Gasteiger partial charge in [-0.15, -0.1) is 0 Å². The van der Waals surface area contributed by atoms with Crippen LogP contribution in [0.2, 0.25) is 0 Å². The van der Waals surface area contributed by atoms with Gasteiger partial charge in [0.1, 0.15) is 11.5 Å². The summed E-state index contributed by atoms with van der Waals surface area (Å²) in [5.74, 6) is -1.11. The number of hydrogen-bond acceptors (Lipinski definition) is 5. The van der Waals surface area contributed by atoms with Crippen LogP contribution in [0.25, 0.3) is 0 Å². The molecule has 2 heterocycles. The van der Waals surface area contributed by atoms with E-state index in [1.165, 1.54) is 0 Å². The molecule has 5 heteroatoms. The van der Waals surface area contributed by atoms with Crippen LogP contribution in [0.3, 0.4) is 0 Å². The maximum Gasteiger partial charge on any atom is 0.208 e. The molecule has 0 aromatic heterocycles. The Hall–Kier alpha value is -2.66. The number of ketones is 2. The Morgan fingerprint density at radius 2 is 1.84 bits per heavy atom. The van der Waals surface area contributed by atoms with Crippen LogP contribution in [0, 0.1) is 0 Å². The zero-order chi connectivity index (χ0) is 17.3. The number of phenolic OH excluding ortho intramolecular Hbond substituents is 1. The van der Waals surface area contributed by atoms with E-state index in [0.717, 1.165) is 19.3 Å². The zero-order valence-electron chi connectivity index (χ0n) is 13.7. The first-order chi connectivity index (χ1) is 12.0. The average molecular weight is 336 g/mol. The molecule has 1 saturated heterocycles. The van der Waals surface area contributed by atoms with E-state index in [2.05, 4.69) is 0 Å². The highest BCUT2D eigenvalue weighted by atomic mass is 16.7. The number of carbonyl (C=O) groups is 2. The van der Waals surface area contributed by atoms with Crippen molar-refractivity contribution < 1.29 is 24.2 Å². The molecule has 3 aliphatic rings. The minimum Gasteiger partial charge on any atom is -0.507 e. The van der Waals surface area contributed by atoms with Crippen molar-refractivity contribution in [3.8, 4) is 11.5 Å². The van der Waals surface area contributed by atoms with Gasteiger partial charge in [0.25, 0.3) is 0 Å². The van der Waals surface area contributed by atoms with Crippen LogP contribution in [-0.4, -0.2) is 22.5 Å². The van der Waals surface area contributed by atoms with E-state index in [9.17, 15) is 14.7 Å². The van der Waals surface area contributed by atoms with Crippen molar-refractivity contribution >= 4 is 11.6 Å². The second-order valence-electron chi connectivity index (χ2n) is 7.00. The highest BCUT2D eigenvalue weighted by Gasteiger charge is 2.45. The molecule has 2 bridgehead atoms. The van der Waals surface area contributed by atoms with Gasteiger partial charge in [-0.3, -0.25) is 9.59 Å². The summed E-state index contributed by atoms with van der Waals surface area (Å²) in [6.45, 7) is 1.86. The van der Waals surface area contributed by atoms with E-state index in [4.69, 9.17) is 9.47 Å². The summed E-state index contributed by atoms with van der Waals surface area (Å²) < 4.78 is 11.9. The van der Waals surface area contributed by atoms with E-state index >= 15 is 0 Å². The normalized spacial score (nSPS) is 26.4. The first-order valence-corrected chi connectivity index (χ1v) is 8.44. The summed E-state index contributed by atoms with van der Waals surface area (Å²) in [4.78, 5) is 25.8. The maximum atomic E-state index is 12.9. The third kappa shape index (κ3) is 1.87. The number of benzene rings is 2. The van der Waals surface area contributed by atoms with Crippen LogP contribution in [0.1, 0.15) is 69.7 Å². The highest BCUT2D eigenvalue weighted by molar-refractivity contribution is 6.29. The molecule has 0 radical (unpaired) electrons. The number of rotatable bonds is 0. The third-order valence-corrected chi connectivity index (χ3v) is 5.33. The second kappa shape index (κ2) is 4.70. The van der Waals surface area contributed by atoms with Crippen LogP contribution in [0.4, 0.5) is 0 Å². The van der Waals surface area contributed by atoms with Gasteiger partial charge in [-0.25, -0.2) is 0 Å². The quantitative estimate of drug-likeness (QED) is 0.680. The predicted octanol–water partition coefficient (Wildman–Crippen LogP) is 3.52. The zero-order valence-corrected chi connectivity index (χ0v) is 13.7. The molecule has 1 fully saturated rings. The molecule has 0 spiro atoms. The van der Waals surface area contributed by atoms with Crippen LogP contribution < -0.4 is 4.74 Å². The first-order valence-electron chi connectivity index (χ1n) is 8.44. The van der Waals surface area contributed by atoms with Gasteiger partial charge < -0.3 is 14.6 Å². The lowest BCUT2D eigenvalue weighted by atomic mass is 9.80. The topological polar surface area (TPSA) is 72.8 Å². The van der Waals surface area contributed by atoms with Crippen molar-refractivity contribution in [1.82, 2.24) is 0 Å². The fourth-order valence-electron chi connectivity index (χ4n) is 4.16. The van der Waals surface area contributed by atoms with Crippen LogP contribution >= 0.6 is 0 Å². The Morgan fingerprint density at radius 3 is 2.60 bits per heavy atom. The minimum absolute atomic E-state index is 0.0591. The molecule has 1 aliphatic carbocycles. The molecule has 2 aliphatic heterocycles. The number of aromatic hydroxyl groups is 1. The van der Waals surface area contributed by atoms with Crippen LogP contribution in [0.15, 0.2) is 30.3 Å².